The number of ether oxygens (including phenoxy) is 2. The molecule has 0 unspecified atom stereocenters. The quantitative estimate of drug-likeness (QED) is 0.670. The third-order valence-electron chi connectivity index (χ3n) is 3.95. The summed E-state index contributed by atoms with van der Waals surface area (Å²) >= 11 is 0. The highest BCUT2D eigenvalue weighted by atomic mass is 16.6. The summed E-state index contributed by atoms with van der Waals surface area (Å²) in [5.41, 5.74) is 3.37. The number of anilines is 1. The zero-order valence-electron chi connectivity index (χ0n) is 14.8. The molecule has 3 rings (SSSR count). The van der Waals surface area contributed by atoms with Crippen LogP contribution >= 0.6 is 0 Å². The highest BCUT2D eigenvalue weighted by Gasteiger charge is 2.07. The molecular weight excluding hydrogens is 342 g/mol. The number of rotatable bonds is 6. The third kappa shape index (κ3) is 4.95. The number of hydrogen-bond acceptors (Lipinski definition) is 4. The average Bonchev–Trinajstić information content (AvgIpc) is 2.73. The highest BCUT2D eigenvalue weighted by Crippen LogP contribution is 2.20. The van der Waals surface area contributed by atoms with E-state index in [0.29, 0.717) is 17.0 Å². The van der Waals surface area contributed by atoms with Crippen LogP contribution in [0.15, 0.2) is 78.9 Å². The summed E-state index contributed by atoms with van der Waals surface area (Å²) in [6, 6.07) is 24.2. The lowest BCUT2D eigenvalue weighted by atomic mass is 10.0. The molecule has 0 aliphatic carbocycles. The standard InChI is InChI=1S/C22H19NO4/c1-26-21(24)15-27-20-13-11-19(12-14-20)23-22(25)18-9-7-17(8-10-18)16-5-3-2-4-6-16/h2-14H,15H2,1H3,(H,23,25). The Balaban J connectivity index is 1.61. The molecule has 27 heavy (non-hydrogen) atoms. The van der Waals surface area contributed by atoms with Gasteiger partial charge in [-0.2, -0.15) is 0 Å². The van der Waals surface area contributed by atoms with E-state index in [-0.39, 0.29) is 12.5 Å². The maximum Gasteiger partial charge on any atom is 0.343 e. The fourth-order valence-corrected chi connectivity index (χ4v) is 2.48. The molecule has 0 aliphatic rings. The minimum atomic E-state index is -0.452. The van der Waals surface area contributed by atoms with Crippen molar-refractivity contribution in [2.24, 2.45) is 0 Å². The largest absolute Gasteiger partial charge is 0.482 e. The maximum atomic E-state index is 12.4. The number of esters is 1. The number of carbonyl (C=O) groups is 2. The van der Waals surface area contributed by atoms with Gasteiger partial charge in [-0.3, -0.25) is 4.79 Å². The molecule has 3 aromatic carbocycles. The van der Waals surface area contributed by atoms with E-state index >= 15 is 0 Å². The van der Waals surface area contributed by atoms with Gasteiger partial charge in [0.25, 0.3) is 5.91 Å². The normalized spacial score (nSPS) is 10.1. The summed E-state index contributed by atoms with van der Waals surface area (Å²) in [6.07, 6.45) is 0. The number of amides is 1. The molecule has 0 aliphatic heterocycles. The molecule has 0 fully saturated rings. The fourth-order valence-electron chi connectivity index (χ4n) is 2.48. The van der Waals surface area contributed by atoms with Crippen LogP contribution < -0.4 is 10.1 Å². The maximum absolute atomic E-state index is 12.4. The molecule has 3 aromatic rings. The van der Waals surface area contributed by atoms with Crippen molar-refractivity contribution >= 4 is 17.6 Å². The van der Waals surface area contributed by atoms with E-state index < -0.39 is 5.97 Å². The molecule has 0 saturated heterocycles. The summed E-state index contributed by atoms with van der Waals surface area (Å²) < 4.78 is 9.78. The molecule has 136 valence electrons. The third-order valence-corrected chi connectivity index (χ3v) is 3.95. The van der Waals surface area contributed by atoms with Crippen LogP contribution in [-0.2, 0) is 9.53 Å². The second kappa shape index (κ2) is 8.67. The molecule has 0 saturated carbocycles. The van der Waals surface area contributed by atoms with Crippen molar-refractivity contribution < 1.29 is 19.1 Å². The number of hydrogen-bond donors (Lipinski definition) is 1. The smallest absolute Gasteiger partial charge is 0.343 e. The molecule has 0 bridgehead atoms. The molecule has 0 heterocycles. The highest BCUT2D eigenvalue weighted by molar-refractivity contribution is 6.04. The SMILES string of the molecule is COC(=O)COc1ccc(NC(=O)c2ccc(-c3ccccc3)cc2)cc1. The van der Waals surface area contributed by atoms with Crippen LogP contribution in [0, 0.1) is 0 Å². The van der Waals surface area contributed by atoms with Gasteiger partial charge in [0.2, 0.25) is 0 Å². The molecule has 0 spiro atoms. The van der Waals surface area contributed by atoms with Gasteiger partial charge >= 0.3 is 5.97 Å². The lowest BCUT2D eigenvalue weighted by Crippen LogP contribution is -2.13. The molecule has 0 aromatic heterocycles. The van der Waals surface area contributed by atoms with Gasteiger partial charge in [-0.25, -0.2) is 4.79 Å². The first-order valence-electron chi connectivity index (χ1n) is 8.42. The first-order valence-corrected chi connectivity index (χ1v) is 8.42. The predicted octanol–water partition coefficient (Wildman–Crippen LogP) is 4.16. The molecular formula is C22H19NO4. The van der Waals surface area contributed by atoms with Gasteiger partial charge in [0.15, 0.2) is 6.61 Å². The fraction of sp³-hybridized carbons (Fsp3) is 0.0909. The Morgan fingerprint density at radius 1 is 0.815 bits per heavy atom. The Hall–Kier alpha value is -3.60. The van der Waals surface area contributed by atoms with Crippen molar-refractivity contribution in [1.29, 1.82) is 0 Å². The Morgan fingerprint density at radius 3 is 2.07 bits per heavy atom. The number of methoxy groups -OCH3 is 1. The zero-order chi connectivity index (χ0) is 19.1. The van der Waals surface area contributed by atoms with Gasteiger partial charge in [0.1, 0.15) is 5.75 Å². The van der Waals surface area contributed by atoms with Crippen LogP contribution in [0.2, 0.25) is 0 Å². The van der Waals surface area contributed by atoms with Gasteiger partial charge in [0.05, 0.1) is 7.11 Å². The zero-order valence-corrected chi connectivity index (χ0v) is 14.8. The van der Waals surface area contributed by atoms with E-state index in [1.165, 1.54) is 7.11 Å². The van der Waals surface area contributed by atoms with Crippen molar-refractivity contribution in [3.63, 3.8) is 0 Å². The minimum absolute atomic E-state index is 0.157. The van der Waals surface area contributed by atoms with E-state index in [2.05, 4.69) is 10.1 Å². The average molecular weight is 361 g/mol. The van der Waals surface area contributed by atoms with Crippen LogP contribution in [0.5, 0.6) is 5.75 Å². The Morgan fingerprint density at radius 2 is 1.44 bits per heavy atom. The van der Waals surface area contributed by atoms with Crippen molar-refractivity contribution in [2.45, 2.75) is 0 Å². The molecule has 1 amide bonds. The summed E-state index contributed by atoms with van der Waals surface area (Å²) in [5, 5.41) is 2.83. The Labute approximate surface area is 157 Å². The van der Waals surface area contributed by atoms with E-state index in [9.17, 15) is 9.59 Å². The van der Waals surface area contributed by atoms with Gasteiger partial charge in [0, 0.05) is 11.3 Å². The van der Waals surface area contributed by atoms with E-state index in [0.717, 1.165) is 11.1 Å². The van der Waals surface area contributed by atoms with Crippen LogP contribution in [-0.4, -0.2) is 25.6 Å². The van der Waals surface area contributed by atoms with Gasteiger partial charge < -0.3 is 14.8 Å². The van der Waals surface area contributed by atoms with Gasteiger partial charge in [-0.1, -0.05) is 42.5 Å². The number of benzene rings is 3. The topological polar surface area (TPSA) is 64.6 Å². The molecule has 0 radical (unpaired) electrons. The monoisotopic (exact) mass is 361 g/mol. The minimum Gasteiger partial charge on any atom is -0.482 e. The van der Waals surface area contributed by atoms with Crippen molar-refractivity contribution in [3.8, 4) is 16.9 Å². The summed E-state index contributed by atoms with van der Waals surface area (Å²) in [4.78, 5) is 23.5. The molecule has 5 heteroatoms. The Bertz CT molecular complexity index is 903. The van der Waals surface area contributed by atoms with E-state index in [1.54, 1.807) is 36.4 Å². The first-order chi connectivity index (χ1) is 13.2. The molecule has 1 N–H and O–H groups in total. The van der Waals surface area contributed by atoms with E-state index in [1.807, 2.05) is 42.5 Å². The molecule has 5 nitrogen and oxygen atoms in total. The second-order valence-electron chi connectivity index (χ2n) is 5.79. The van der Waals surface area contributed by atoms with Crippen molar-refractivity contribution in [2.75, 3.05) is 19.0 Å². The van der Waals surface area contributed by atoms with Gasteiger partial charge in [-0.15, -0.1) is 0 Å². The lowest BCUT2D eigenvalue weighted by molar-refractivity contribution is -0.142. The van der Waals surface area contributed by atoms with Crippen molar-refractivity contribution in [3.05, 3.63) is 84.4 Å². The summed E-state index contributed by atoms with van der Waals surface area (Å²) in [6.45, 7) is -0.157. The number of nitrogens with one attached hydrogen (secondary N) is 1. The van der Waals surface area contributed by atoms with Crippen LogP contribution in [0.1, 0.15) is 10.4 Å². The van der Waals surface area contributed by atoms with Crippen molar-refractivity contribution in [1.82, 2.24) is 0 Å². The summed E-state index contributed by atoms with van der Waals surface area (Å²) in [7, 11) is 1.30. The van der Waals surface area contributed by atoms with E-state index in [4.69, 9.17) is 4.74 Å². The molecule has 0 atom stereocenters. The Kier molecular flexibility index (Phi) is 5.84. The van der Waals surface area contributed by atoms with Gasteiger partial charge in [-0.05, 0) is 47.5 Å². The first kappa shape index (κ1) is 18.2. The van der Waals surface area contributed by atoms with Crippen LogP contribution in [0.25, 0.3) is 11.1 Å². The van der Waals surface area contributed by atoms with Crippen LogP contribution in [0.4, 0.5) is 5.69 Å². The summed E-state index contributed by atoms with van der Waals surface area (Å²) in [5.74, 6) is -0.130. The predicted molar refractivity (Wildman–Crippen MR) is 104 cm³/mol. The lowest BCUT2D eigenvalue weighted by Gasteiger charge is -2.08. The second-order valence-corrected chi connectivity index (χ2v) is 5.79. The number of carbonyl (C=O) groups excluding carboxylic acids is 2. The van der Waals surface area contributed by atoms with Crippen LogP contribution in [0.3, 0.4) is 0 Å².